The fourth-order valence-electron chi connectivity index (χ4n) is 2.15. The molecule has 0 radical (unpaired) electrons. The molecule has 0 aliphatic carbocycles. The van der Waals surface area contributed by atoms with Crippen molar-refractivity contribution in [1.82, 2.24) is 5.43 Å². The van der Waals surface area contributed by atoms with Crippen molar-refractivity contribution in [3.8, 4) is 0 Å². The van der Waals surface area contributed by atoms with Gasteiger partial charge in [-0.2, -0.15) is 5.10 Å². The van der Waals surface area contributed by atoms with Crippen LogP contribution < -0.4 is 10.7 Å². The summed E-state index contributed by atoms with van der Waals surface area (Å²) < 4.78 is 0. The van der Waals surface area contributed by atoms with Gasteiger partial charge in [-0.15, -0.1) is 0 Å². The third-order valence-corrected chi connectivity index (χ3v) is 3.73. The lowest BCUT2D eigenvalue weighted by Crippen LogP contribution is -2.17. The highest BCUT2D eigenvalue weighted by Crippen LogP contribution is 2.14. The van der Waals surface area contributed by atoms with Crippen LogP contribution in [0.2, 0.25) is 0 Å². The molecule has 25 heavy (non-hydrogen) atoms. The van der Waals surface area contributed by atoms with Crippen molar-refractivity contribution in [3.63, 3.8) is 0 Å². The zero-order chi connectivity index (χ0) is 18.2. The predicted octanol–water partition coefficient (Wildman–Crippen LogP) is 3.92. The van der Waals surface area contributed by atoms with Crippen LogP contribution in [0, 0.1) is 0 Å². The monoisotopic (exact) mass is 337 g/mol. The van der Waals surface area contributed by atoms with Gasteiger partial charge in [0.2, 0.25) is 5.91 Å². The fraction of sp³-hybridized carbons (Fsp3) is 0.250. The molecule has 2 aromatic carbocycles. The normalized spacial score (nSPS) is 10.9. The minimum absolute atomic E-state index is 0.0645. The van der Waals surface area contributed by atoms with Crippen LogP contribution in [0.25, 0.3) is 0 Å². The highest BCUT2D eigenvalue weighted by atomic mass is 16.2. The van der Waals surface area contributed by atoms with Gasteiger partial charge in [-0.25, -0.2) is 5.43 Å². The number of nitrogens with one attached hydrogen (secondary N) is 2. The number of rotatable bonds is 6. The van der Waals surface area contributed by atoms with Crippen LogP contribution in [0.15, 0.2) is 53.6 Å². The Kier molecular flexibility index (Phi) is 6.46. The molecule has 130 valence electrons. The van der Waals surface area contributed by atoms with Crippen LogP contribution in [-0.4, -0.2) is 18.0 Å². The first-order valence-electron chi connectivity index (χ1n) is 8.33. The first-order valence-corrected chi connectivity index (χ1v) is 8.33. The van der Waals surface area contributed by atoms with E-state index in [2.05, 4.69) is 41.8 Å². The lowest BCUT2D eigenvalue weighted by molar-refractivity contribution is -0.115. The second-order valence-corrected chi connectivity index (χ2v) is 6.00. The largest absolute Gasteiger partial charge is 0.326 e. The molecule has 0 aliphatic heterocycles. The highest BCUT2D eigenvalue weighted by Gasteiger charge is 2.05. The van der Waals surface area contributed by atoms with Crippen molar-refractivity contribution in [2.24, 2.45) is 5.10 Å². The first kappa shape index (κ1) is 18.4. The molecule has 0 aromatic heterocycles. The number of hydrogen-bond donors (Lipinski definition) is 2. The molecule has 0 saturated heterocycles. The van der Waals surface area contributed by atoms with Crippen LogP contribution >= 0.6 is 0 Å². The van der Waals surface area contributed by atoms with Gasteiger partial charge in [-0.1, -0.05) is 45.0 Å². The Morgan fingerprint density at radius 3 is 2.24 bits per heavy atom. The van der Waals surface area contributed by atoms with E-state index in [0.29, 0.717) is 23.6 Å². The topological polar surface area (TPSA) is 70.6 Å². The van der Waals surface area contributed by atoms with E-state index >= 15 is 0 Å². The minimum Gasteiger partial charge on any atom is -0.326 e. The van der Waals surface area contributed by atoms with Gasteiger partial charge in [-0.3, -0.25) is 9.59 Å². The van der Waals surface area contributed by atoms with Gasteiger partial charge in [0.15, 0.2) is 0 Å². The van der Waals surface area contributed by atoms with E-state index in [4.69, 9.17) is 0 Å². The van der Waals surface area contributed by atoms with Crippen LogP contribution in [0.1, 0.15) is 54.6 Å². The summed E-state index contributed by atoms with van der Waals surface area (Å²) in [6.07, 6.45) is 2.02. The smallest absolute Gasteiger partial charge is 0.271 e. The molecule has 2 N–H and O–H groups in total. The van der Waals surface area contributed by atoms with Crippen LogP contribution in [0.4, 0.5) is 5.69 Å². The summed E-state index contributed by atoms with van der Waals surface area (Å²) in [6.45, 7) is 6.07. The van der Waals surface area contributed by atoms with E-state index < -0.39 is 0 Å². The Morgan fingerprint density at radius 2 is 1.68 bits per heavy atom. The van der Waals surface area contributed by atoms with Gasteiger partial charge in [0.05, 0.1) is 6.21 Å². The second-order valence-electron chi connectivity index (χ2n) is 6.00. The molecule has 5 nitrogen and oxygen atoms in total. The Labute approximate surface area is 148 Å². The van der Waals surface area contributed by atoms with Crippen LogP contribution in [-0.2, 0) is 4.79 Å². The maximum atomic E-state index is 12.1. The highest BCUT2D eigenvalue weighted by molar-refractivity contribution is 5.96. The Balaban J connectivity index is 1.92. The molecule has 0 fully saturated rings. The summed E-state index contributed by atoms with van der Waals surface area (Å²) in [5, 5.41) is 6.72. The van der Waals surface area contributed by atoms with Crippen molar-refractivity contribution < 1.29 is 9.59 Å². The summed E-state index contributed by atoms with van der Waals surface area (Å²) >= 11 is 0. The summed E-state index contributed by atoms with van der Waals surface area (Å²) in [5.41, 5.74) is 5.82. The van der Waals surface area contributed by atoms with Crippen LogP contribution in [0.3, 0.4) is 0 Å². The first-order chi connectivity index (χ1) is 12.0. The Morgan fingerprint density at radius 1 is 1.04 bits per heavy atom. The minimum atomic E-state index is -0.302. The van der Waals surface area contributed by atoms with E-state index in [0.717, 1.165) is 5.56 Å². The number of carbonyl (C=O) groups excluding carboxylic acids is 2. The van der Waals surface area contributed by atoms with Gasteiger partial charge in [0, 0.05) is 17.7 Å². The van der Waals surface area contributed by atoms with Gasteiger partial charge >= 0.3 is 0 Å². The van der Waals surface area contributed by atoms with Crippen molar-refractivity contribution in [2.45, 2.75) is 33.1 Å². The molecule has 2 aromatic rings. The summed E-state index contributed by atoms with van der Waals surface area (Å²) in [4.78, 5) is 23.4. The molecule has 0 bridgehead atoms. The SMILES string of the molecule is CCC(=O)Nc1ccc(C(=O)NN=Cc2ccc(C(C)C)cc2)cc1. The molecule has 0 heterocycles. The van der Waals surface area contributed by atoms with Crippen LogP contribution in [0.5, 0.6) is 0 Å². The summed E-state index contributed by atoms with van der Waals surface area (Å²) in [7, 11) is 0. The number of benzene rings is 2. The molecule has 0 aliphatic rings. The number of nitrogens with zero attached hydrogens (tertiary/aromatic N) is 1. The molecule has 2 rings (SSSR count). The summed E-state index contributed by atoms with van der Waals surface area (Å²) in [5.74, 6) is 0.115. The lowest BCUT2D eigenvalue weighted by atomic mass is 10.0. The van der Waals surface area contributed by atoms with E-state index in [1.54, 1.807) is 37.4 Å². The molecular formula is C20H23N3O2. The maximum absolute atomic E-state index is 12.1. The molecule has 0 saturated carbocycles. The molecule has 5 heteroatoms. The van der Waals surface area contributed by atoms with Crippen molar-refractivity contribution in [3.05, 3.63) is 65.2 Å². The molecule has 0 spiro atoms. The molecule has 0 unspecified atom stereocenters. The zero-order valence-electron chi connectivity index (χ0n) is 14.7. The predicted molar refractivity (Wildman–Crippen MR) is 101 cm³/mol. The number of anilines is 1. The lowest BCUT2D eigenvalue weighted by Gasteiger charge is -2.05. The van der Waals surface area contributed by atoms with E-state index in [1.165, 1.54) is 5.56 Å². The van der Waals surface area contributed by atoms with E-state index in [-0.39, 0.29) is 11.8 Å². The maximum Gasteiger partial charge on any atom is 0.271 e. The second kappa shape index (κ2) is 8.78. The number of amides is 2. The summed E-state index contributed by atoms with van der Waals surface area (Å²) in [6, 6.07) is 14.7. The third-order valence-electron chi connectivity index (χ3n) is 3.73. The van der Waals surface area contributed by atoms with Gasteiger partial charge < -0.3 is 5.32 Å². The average molecular weight is 337 g/mol. The van der Waals surface area contributed by atoms with Crippen molar-refractivity contribution in [2.75, 3.05) is 5.32 Å². The standard InChI is InChI=1S/C20H23N3O2/c1-4-19(24)22-18-11-9-17(10-12-18)20(25)23-21-13-15-5-7-16(8-6-15)14(2)3/h5-14H,4H2,1-3H3,(H,22,24)(H,23,25). The third kappa shape index (κ3) is 5.57. The number of hydrazone groups is 1. The molecule has 0 atom stereocenters. The molecule has 2 amide bonds. The number of hydrogen-bond acceptors (Lipinski definition) is 3. The van der Waals surface area contributed by atoms with Gasteiger partial charge in [-0.05, 0) is 41.3 Å². The van der Waals surface area contributed by atoms with Crippen molar-refractivity contribution >= 4 is 23.7 Å². The van der Waals surface area contributed by atoms with E-state index in [9.17, 15) is 9.59 Å². The van der Waals surface area contributed by atoms with Crippen molar-refractivity contribution in [1.29, 1.82) is 0 Å². The molecular weight excluding hydrogens is 314 g/mol. The van der Waals surface area contributed by atoms with Gasteiger partial charge in [0.1, 0.15) is 0 Å². The van der Waals surface area contributed by atoms with Gasteiger partial charge in [0.25, 0.3) is 5.91 Å². The average Bonchev–Trinajstić information content (AvgIpc) is 2.62. The quantitative estimate of drug-likeness (QED) is 0.619. The fourth-order valence-corrected chi connectivity index (χ4v) is 2.15. The van der Waals surface area contributed by atoms with E-state index in [1.807, 2.05) is 12.1 Å². The zero-order valence-corrected chi connectivity index (χ0v) is 14.7. The number of carbonyl (C=O) groups is 2. The Bertz CT molecular complexity index is 748. The Hall–Kier alpha value is -2.95.